The zero-order valence-electron chi connectivity index (χ0n) is 18.4. The third kappa shape index (κ3) is 5.09. The molecule has 0 saturated carbocycles. The number of nitrogens with zero attached hydrogens (tertiary/aromatic N) is 2. The second-order valence-electron chi connectivity index (χ2n) is 7.42. The molecule has 0 spiro atoms. The zero-order chi connectivity index (χ0) is 25.3. The van der Waals surface area contributed by atoms with Gasteiger partial charge in [0.2, 0.25) is 0 Å². The number of aromatic amines is 1. The molecule has 0 bridgehead atoms. The van der Waals surface area contributed by atoms with E-state index in [4.69, 9.17) is 27.9 Å². The van der Waals surface area contributed by atoms with E-state index < -0.39 is 21.4 Å². The van der Waals surface area contributed by atoms with Gasteiger partial charge in [-0.15, -0.1) is 5.10 Å². The highest BCUT2D eigenvalue weighted by Crippen LogP contribution is 2.32. The van der Waals surface area contributed by atoms with Crippen molar-refractivity contribution in [3.8, 4) is 22.8 Å². The van der Waals surface area contributed by atoms with E-state index in [0.29, 0.717) is 27.0 Å². The van der Waals surface area contributed by atoms with Crippen LogP contribution in [0, 0.1) is 0 Å². The first kappa shape index (κ1) is 24.5. The molecular weight excluding hydrogens is 515 g/mol. The Morgan fingerprint density at radius 2 is 1.71 bits per heavy atom. The molecule has 3 aromatic carbocycles. The second-order valence-corrected chi connectivity index (χ2v) is 10.3. The van der Waals surface area contributed by atoms with Gasteiger partial charge in [-0.1, -0.05) is 29.3 Å². The SMILES string of the molecule is COc1cc(-n2nc(-c3c(Cl)cccc3Cl)[nH]c2=O)ccc1C(=O)Nc1ccc(S(C)(=O)=O)cc1. The van der Waals surface area contributed by atoms with Crippen molar-refractivity contribution < 1.29 is 17.9 Å². The highest BCUT2D eigenvalue weighted by atomic mass is 35.5. The van der Waals surface area contributed by atoms with Gasteiger partial charge >= 0.3 is 5.69 Å². The Balaban J connectivity index is 1.63. The molecule has 0 atom stereocenters. The lowest BCUT2D eigenvalue weighted by molar-refractivity contribution is 0.102. The highest BCUT2D eigenvalue weighted by molar-refractivity contribution is 7.90. The molecule has 9 nitrogen and oxygen atoms in total. The molecule has 0 unspecified atom stereocenters. The molecule has 35 heavy (non-hydrogen) atoms. The Hall–Kier alpha value is -3.60. The quantitative estimate of drug-likeness (QED) is 0.383. The van der Waals surface area contributed by atoms with Gasteiger partial charge in [0.15, 0.2) is 15.7 Å². The Bertz CT molecular complexity index is 1570. The van der Waals surface area contributed by atoms with Gasteiger partial charge in [0.25, 0.3) is 5.91 Å². The summed E-state index contributed by atoms with van der Waals surface area (Å²) in [5.74, 6) is -0.109. The Morgan fingerprint density at radius 1 is 1.06 bits per heavy atom. The first-order chi connectivity index (χ1) is 16.6. The number of H-pyrrole nitrogens is 1. The number of carbonyl (C=O) groups is 1. The second kappa shape index (κ2) is 9.57. The monoisotopic (exact) mass is 532 g/mol. The lowest BCUT2D eigenvalue weighted by Crippen LogP contribution is -2.17. The number of benzene rings is 3. The molecule has 1 heterocycles. The van der Waals surface area contributed by atoms with Crippen molar-refractivity contribution in [2.45, 2.75) is 4.90 Å². The number of amides is 1. The van der Waals surface area contributed by atoms with Gasteiger partial charge in [-0.2, -0.15) is 4.68 Å². The number of nitrogens with one attached hydrogen (secondary N) is 2. The molecule has 1 amide bonds. The summed E-state index contributed by atoms with van der Waals surface area (Å²) in [7, 11) is -1.96. The summed E-state index contributed by atoms with van der Waals surface area (Å²) in [6, 6.07) is 15.2. The molecule has 180 valence electrons. The van der Waals surface area contributed by atoms with Crippen molar-refractivity contribution in [2.75, 3.05) is 18.7 Å². The number of aromatic nitrogens is 3. The third-order valence-electron chi connectivity index (χ3n) is 5.03. The van der Waals surface area contributed by atoms with Gasteiger partial charge in [-0.05, 0) is 48.5 Å². The maximum absolute atomic E-state index is 12.8. The van der Waals surface area contributed by atoms with Crippen LogP contribution in [0.25, 0.3) is 17.1 Å². The molecule has 0 aliphatic carbocycles. The number of hydrogen-bond acceptors (Lipinski definition) is 6. The number of carbonyl (C=O) groups excluding carboxylic acids is 1. The van der Waals surface area contributed by atoms with Gasteiger partial charge in [0.05, 0.1) is 38.9 Å². The van der Waals surface area contributed by atoms with E-state index in [-0.39, 0.29) is 22.0 Å². The van der Waals surface area contributed by atoms with Crippen molar-refractivity contribution in [1.29, 1.82) is 0 Å². The van der Waals surface area contributed by atoms with Gasteiger partial charge in [0.1, 0.15) is 5.75 Å². The number of sulfone groups is 1. The van der Waals surface area contributed by atoms with Crippen LogP contribution >= 0.6 is 23.2 Å². The average molecular weight is 533 g/mol. The Labute approximate surface area is 210 Å². The third-order valence-corrected chi connectivity index (χ3v) is 6.79. The normalized spacial score (nSPS) is 11.3. The van der Waals surface area contributed by atoms with E-state index >= 15 is 0 Å². The summed E-state index contributed by atoms with van der Waals surface area (Å²) in [5, 5.41) is 7.63. The van der Waals surface area contributed by atoms with Crippen LogP contribution in [0.15, 0.2) is 70.4 Å². The number of methoxy groups -OCH3 is 1. The molecule has 4 rings (SSSR count). The minimum absolute atomic E-state index is 0.138. The number of anilines is 1. The minimum Gasteiger partial charge on any atom is -0.496 e. The number of halogens is 2. The van der Waals surface area contributed by atoms with Crippen LogP contribution in [0.4, 0.5) is 5.69 Å². The minimum atomic E-state index is -3.35. The molecule has 0 aliphatic rings. The molecule has 0 fully saturated rings. The summed E-state index contributed by atoms with van der Waals surface area (Å²) in [5.41, 5.74) is 0.782. The van der Waals surface area contributed by atoms with Crippen LogP contribution in [0.5, 0.6) is 5.75 Å². The lowest BCUT2D eigenvalue weighted by Gasteiger charge is -2.11. The predicted molar refractivity (Wildman–Crippen MR) is 134 cm³/mol. The summed E-state index contributed by atoms with van der Waals surface area (Å²) >= 11 is 12.4. The topological polar surface area (TPSA) is 123 Å². The fourth-order valence-corrected chi connectivity index (χ4v) is 4.53. The standard InChI is InChI=1S/C23H18Cl2N4O5S/c1-34-19-12-14(29-23(31)27-21(28-29)20-17(24)4-3-5-18(20)25)8-11-16(19)22(30)26-13-6-9-15(10-7-13)35(2,32)33/h3-12H,1-2H3,(H,26,30)(H,27,28,31). The van der Waals surface area contributed by atoms with E-state index in [0.717, 1.165) is 10.9 Å². The molecule has 4 aromatic rings. The summed E-state index contributed by atoms with van der Waals surface area (Å²) in [4.78, 5) is 28.2. The first-order valence-corrected chi connectivity index (χ1v) is 12.7. The smallest absolute Gasteiger partial charge is 0.348 e. The van der Waals surface area contributed by atoms with Crippen LogP contribution in [0.3, 0.4) is 0 Å². The highest BCUT2D eigenvalue weighted by Gasteiger charge is 2.18. The summed E-state index contributed by atoms with van der Waals surface area (Å²) in [6.07, 6.45) is 1.10. The van der Waals surface area contributed by atoms with Gasteiger partial charge in [-0.25, -0.2) is 13.2 Å². The van der Waals surface area contributed by atoms with E-state index in [1.54, 1.807) is 18.2 Å². The maximum Gasteiger partial charge on any atom is 0.348 e. The molecule has 1 aromatic heterocycles. The van der Waals surface area contributed by atoms with Crippen LogP contribution in [-0.2, 0) is 9.84 Å². The Kier molecular flexibility index (Phi) is 6.70. The molecular formula is C23H18Cl2N4O5S. The first-order valence-electron chi connectivity index (χ1n) is 10.0. The number of hydrogen-bond donors (Lipinski definition) is 2. The molecule has 2 N–H and O–H groups in total. The van der Waals surface area contributed by atoms with Crippen LogP contribution < -0.4 is 15.7 Å². The average Bonchev–Trinajstić information content (AvgIpc) is 3.19. The number of rotatable bonds is 6. The van der Waals surface area contributed by atoms with Gasteiger partial charge < -0.3 is 10.1 Å². The number of ether oxygens (including phenoxy) is 1. The molecule has 0 radical (unpaired) electrons. The molecule has 0 aliphatic heterocycles. The van der Waals surface area contributed by atoms with E-state index in [1.807, 2.05) is 0 Å². The van der Waals surface area contributed by atoms with Crippen molar-refractivity contribution in [3.63, 3.8) is 0 Å². The van der Waals surface area contributed by atoms with Gasteiger partial charge in [0, 0.05) is 18.0 Å². The van der Waals surface area contributed by atoms with Crippen molar-refractivity contribution in [2.24, 2.45) is 0 Å². The fourth-order valence-electron chi connectivity index (χ4n) is 3.32. The van der Waals surface area contributed by atoms with Crippen LogP contribution in [0.2, 0.25) is 10.0 Å². The van der Waals surface area contributed by atoms with E-state index in [1.165, 1.54) is 49.6 Å². The summed E-state index contributed by atoms with van der Waals surface area (Å²) in [6.45, 7) is 0. The Morgan fingerprint density at radius 3 is 2.31 bits per heavy atom. The molecule has 0 saturated heterocycles. The largest absolute Gasteiger partial charge is 0.496 e. The zero-order valence-corrected chi connectivity index (χ0v) is 20.7. The van der Waals surface area contributed by atoms with Crippen molar-refractivity contribution >= 4 is 44.6 Å². The lowest BCUT2D eigenvalue weighted by atomic mass is 10.1. The van der Waals surface area contributed by atoms with E-state index in [2.05, 4.69) is 15.4 Å². The van der Waals surface area contributed by atoms with Crippen LogP contribution in [-0.4, -0.2) is 42.5 Å². The van der Waals surface area contributed by atoms with Crippen molar-refractivity contribution in [1.82, 2.24) is 14.8 Å². The maximum atomic E-state index is 12.8. The fraction of sp³-hybridized carbons (Fsp3) is 0.0870. The van der Waals surface area contributed by atoms with E-state index in [9.17, 15) is 18.0 Å². The summed E-state index contributed by atoms with van der Waals surface area (Å²) < 4.78 is 29.7. The molecule has 12 heteroatoms. The van der Waals surface area contributed by atoms with Crippen LogP contribution in [0.1, 0.15) is 10.4 Å². The van der Waals surface area contributed by atoms with Gasteiger partial charge in [-0.3, -0.25) is 9.78 Å². The van der Waals surface area contributed by atoms with Crippen molar-refractivity contribution in [3.05, 3.63) is 86.8 Å². The predicted octanol–water partition coefficient (Wildman–Crippen LogP) is 4.20.